The molecule has 0 heterocycles. The molecule has 0 aromatic heterocycles. The number of hydrogen-bond acceptors (Lipinski definition) is 3. The summed E-state index contributed by atoms with van der Waals surface area (Å²) in [5.74, 6) is -0.603. The van der Waals surface area contributed by atoms with Gasteiger partial charge in [0.05, 0.1) is 0 Å². The average Bonchev–Trinajstić information content (AvgIpc) is 2.53. The molecule has 3 nitrogen and oxygen atoms in total. The van der Waals surface area contributed by atoms with E-state index in [9.17, 15) is 4.79 Å². The Morgan fingerprint density at radius 3 is 2.58 bits per heavy atom. The van der Waals surface area contributed by atoms with E-state index in [1.54, 1.807) is 0 Å². The third-order valence-electron chi connectivity index (χ3n) is 4.75. The lowest BCUT2D eigenvalue weighted by molar-refractivity contribution is -0.151. The quantitative estimate of drug-likeness (QED) is 0.487. The van der Waals surface area contributed by atoms with Crippen molar-refractivity contribution in [2.75, 3.05) is 6.61 Å². The standard InChI is InChI=1S/C23H34O3/c1-17(12-13-21-19(3)11-8-15-23(21,5)6)9-7-10-18(2)14-16-26-22(25)20(4)24/h7,9-10,12-14,20,24H,8,11,15-16H2,1-6H3/b10-7+,13-12+,17-9+,18-14+/t20-/m0/s1. The van der Waals surface area contributed by atoms with Gasteiger partial charge in [0.25, 0.3) is 0 Å². The van der Waals surface area contributed by atoms with Crippen molar-refractivity contribution in [1.82, 2.24) is 0 Å². The van der Waals surface area contributed by atoms with Crippen LogP contribution in [-0.2, 0) is 9.53 Å². The van der Waals surface area contributed by atoms with Gasteiger partial charge >= 0.3 is 5.97 Å². The summed E-state index contributed by atoms with van der Waals surface area (Å²) >= 11 is 0. The molecule has 26 heavy (non-hydrogen) atoms. The van der Waals surface area contributed by atoms with Crippen LogP contribution in [0.3, 0.4) is 0 Å². The number of hydrogen-bond donors (Lipinski definition) is 1. The first-order valence-electron chi connectivity index (χ1n) is 9.38. The van der Waals surface area contributed by atoms with Crippen LogP contribution in [0.5, 0.6) is 0 Å². The summed E-state index contributed by atoms with van der Waals surface area (Å²) in [5.41, 5.74) is 5.43. The number of carbonyl (C=O) groups is 1. The summed E-state index contributed by atoms with van der Waals surface area (Å²) < 4.78 is 4.91. The third kappa shape index (κ3) is 7.57. The summed E-state index contributed by atoms with van der Waals surface area (Å²) in [5, 5.41) is 9.06. The number of allylic oxidation sites excluding steroid dienone is 9. The minimum Gasteiger partial charge on any atom is -0.460 e. The molecule has 0 spiro atoms. The van der Waals surface area contributed by atoms with Crippen molar-refractivity contribution in [2.24, 2.45) is 5.41 Å². The lowest BCUT2D eigenvalue weighted by atomic mass is 9.72. The minimum atomic E-state index is -1.08. The number of ether oxygens (including phenoxy) is 1. The molecule has 0 unspecified atom stereocenters. The van der Waals surface area contributed by atoms with E-state index in [0.29, 0.717) is 0 Å². The molecule has 0 fully saturated rings. The Morgan fingerprint density at radius 2 is 1.96 bits per heavy atom. The van der Waals surface area contributed by atoms with E-state index in [-0.39, 0.29) is 12.0 Å². The molecule has 0 saturated carbocycles. The normalized spacial score (nSPS) is 20.1. The van der Waals surface area contributed by atoms with E-state index in [1.165, 1.54) is 42.9 Å². The topological polar surface area (TPSA) is 46.5 Å². The highest BCUT2D eigenvalue weighted by Crippen LogP contribution is 2.40. The van der Waals surface area contributed by atoms with Crippen LogP contribution in [0.15, 0.2) is 58.7 Å². The maximum absolute atomic E-state index is 11.2. The lowest BCUT2D eigenvalue weighted by Crippen LogP contribution is -2.19. The Hall–Kier alpha value is -1.87. The van der Waals surface area contributed by atoms with Gasteiger partial charge in [-0.15, -0.1) is 0 Å². The monoisotopic (exact) mass is 358 g/mol. The van der Waals surface area contributed by atoms with E-state index in [0.717, 1.165) is 5.57 Å². The molecule has 0 bridgehead atoms. The van der Waals surface area contributed by atoms with E-state index >= 15 is 0 Å². The van der Waals surface area contributed by atoms with Gasteiger partial charge < -0.3 is 9.84 Å². The summed E-state index contributed by atoms with van der Waals surface area (Å²) in [7, 11) is 0. The first-order chi connectivity index (χ1) is 12.1. The molecule has 0 aliphatic heterocycles. The summed E-state index contributed by atoms with van der Waals surface area (Å²) in [6.45, 7) is 12.5. The van der Waals surface area contributed by atoms with Gasteiger partial charge in [0, 0.05) is 0 Å². The summed E-state index contributed by atoms with van der Waals surface area (Å²) in [6, 6.07) is 0. The molecule has 3 heteroatoms. The zero-order valence-corrected chi connectivity index (χ0v) is 17.1. The second kappa shape index (κ2) is 10.3. The van der Waals surface area contributed by atoms with Gasteiger partial charge in [-0.1, -0.05) is 60.9 Å². The van der Waals surface area contributed by atoms with Crippen molar-refractivity contribution in [3.8, 4) is 0 Å². The predicted molar refractivity (Wildman–Crippen MR) is 109 cm³/mol. The molecule has 0 radical (unpaired) electrons. The van der Waals surface area contributed by atoms with E-state index in [2.05, 4.69) is 45.9 Å². The van der Waals surface area contributed by atoms with Crippen LogP contribution in [0.2, 0.25) is 0 Å². The summed E-state index contributed by atoms with van der Waals surface area (Å²) in [6.07, 6.45) is 15.0. The van der Waals surface area contributed by atoms with Crippen LogP contribution in [0.1, 0.15) is 60.8 Å². The van der Waals surface area contributed by atoms with Gasteiger partial charge in [0.1, 0.15) is 12.7 Å². The van der Waals surface area contributed by atoms with Crippen molar-refractivity contribution in [1.29, 1.82) is 0 Å². The largest absolute Gasteiger partial charge is 0.460 e. The van der Waals surface area contributed by atoms with Crippen molar-refractivity contribution in [2.45, 2.75) is 66.9 Å². The van der Waals surface area contributed by atoms with Gasteiger partial charge in [-0.3, -0.25) is 0 Å². The molecule has 1 aliphatic carbocycles. The Bertz CT molecular complexity index is 640. The Morgan fingerprint density at radius 1 is 1.27 bits per heavy atom. The molecule has 1 aliphatic rings. The summed E-state index contributed by atoms with van der Waals surface area (Å²) in [4.78, 5) is 11.2. The number of carbonyl (C=O) groups excluding carboxylic acids is 1. The number of aliphatic hydroxyl groups is 1. The zero-order valence-electron chi connectivity index (χ0n) is 17.1. The van der Waals surface area contributed by atoms with Crippen molar-refractivity contribution >= 4 is 5.97 Å². The fraction of sp³-hybridized carbons (Fsp3) is 0.522. The SMILES string of the molecule is CC1=C(/C=C/C(C)=C/C=C/C(C)=C/COC(=O)[C@H](C)O)C(C)(C)CCC1. The second-order valence-electron chi connectivity index (χ2n) is 7.79. The predicted octanol–water partition coefficient (Wildman–Crippen LogP) is 5.44. The molecule has 144 valence electrons. The molecule has 1 atom stereocenters. The van der Waals surface area contributed by atoms with E-state index in [4.69, 9.17) is 9.84 Å². The highest BCUT2D eigenvalue weighted by atomic mass is 16.5. The minimum absolute atomic E-state index is 0.172. The molecule has 1 N–H and O–H groups in total. The second-order valence-corrected chi connectivity index (χ2v) is 7.79. The van der Waals surface area contributed by atoms with Crippen LogP contribution >= 0.6 is 0 Å². The van der Waals surface area contributed by atoms with Crippen LogP contribution in [0, 0.1) is 5.41 Å². The third-order valence-corrected chi connectivity index (χ3v) is 4.75. The van der Waals surface area contributed by atoms with E-state index < -0.39 is 12.1 Å². The molecule has 1 rings (SSSR count). The highest BCUT2D eigenvalue weighted by molar-refractivity contribution is 5.73. The van der Waals surface area contributed by atoms with Crippen LogP contribution in [0.4, 0.5) is 0 Å². The fourth-order valence-electron chi connectivity index (χ4n) is 3.08. The molecule has 0 amide bonds. The van der Waals surface area contributed by atoms with Crippen molar-refractivity contribution < 1.29 is 14.6 Å². The Labute approximate surface area is 158 Å². The van der Waals surface area contributed by atoms with Crippen molar-refractivity contribution in [3.63, 3.8) is 0 Å². The van der Waals surface area contributed by atoms with Gasteiger partial charge in [-0.25, -0.2) is 4.79 Å². The van der Waals surface area contributed by atoms with Gasteiger partial charge in [0.15, 0.2) is 0 Å². The Kier molecular flexibility index (Phi) is 8.80. The maximum atomic E-state index is 11.2. The highest BCUT2D eigenvalue weighted by Gasteiger charge is 2.26. The van der Waals surface area contributed by atoms with Crippen molar-refractivity contribution in [3.05, 3.63) is 58.7 Å². The molecule has 0 saturated heterocycles. The molecule has 0 aromatic carbocycles. The number of rotatable bonds is 7. The first-order valence-corrected chi connectivity index (χ1v) is 9.38. The smallest absolute Gasteiger partial charge is 0.334 e. The van der Waals surface area contributed by atoms with Gasteiger partial charge in [-0.05, 0) is 64.0 Å². The molecular formula is C23H34O3. The number of aliphatic hydroxyl groups excluding tert-OH is 1. The first kappa shape index (κ1) is 22.2. The zero-order chi connectivity index (χ0) is 19.7. The van der Waals surface area contributed by atoms with E-state index in [1.807, 2.05) is 25.2 Å². The maximum Gasteiger partial charge on any atom is 0.334 e. The van der Waals surface area contributed by atoms with Crippen LogP contribution in [-0.4, -0.2) is 23.8 Å². The molecular weight excluding hydrogens is 324 g/mol. The van der Waals surface area contributed by atoms with Gasteiger partial charge in [0.2, 0.25) is 0 Å². The van der Waals surface area contributed by atoms with Gasteiger partial charge in [-0.2, -0.15) is 0 Å². The van der Waals surface area contributed by atoms with Crippen LogP contribution in [0.25, 0.3) is 0 Å². The van der Waals surface area contributed by atoms with Crippen LogP contribution < -0.4 is 0 Å². The number of esters is 1. The molecule has 0 aromatic rings. The fourth-order valence-corrected chi connectivity index (χ4v) is 3.08. The Balaban J connectivity index is 2.62. The lowest BCUT2D eigenvalue weighted by Gasteiger charge is -2.32. The average molecular weight is 359 g/mol.